The maximum Gasteiger partial charge on any atom is 0.232 e. The molecule has 4 rings (SSSR count). The number of benzene rings is 2. The van der Waals surface area contributed by atoms with Crippen molar-refractivity contribution in [3.8, 4) is 5.75 Å². The number of aliphatic imine (C=N–C) groups is 1. The predicted octanol–water partition coefficient (Wildman–Crippen LogP) is 6.03. The average molecular weight is 539 g/mol. The number of nitrogens with two attached hydrogens (primary N) is 1. The fourth-order valence-corrected chi connectivity index (χ4v) is 6.00. The van der Waals surface area contributed by atoms with E-state index in [1.54, 1.807) is 0 Å². The minimum Gasteiger partial charge on any atom is -0.494 e. The Hall–Kier alpha value is -2.92. The van der Waals surface area contributed by atoms with Gasteiger partial charge >= 0.3 is 0 Å². The number of nitrogens with one attached hydrogen (secondary N) is 1. The number of hydrogen-bond acceptors (Lipinski definition) is 5. The Kier molecular flexibility index (Phi) is 7.64. The molecule has 3 atom stereocenters. The lowest BCUT2D eigenvalue weighted by Crippen LogP contribution is -2.50. The van der Waals surface area contributed by atoms with Gasteiger partial charge in [0, 0.05) is 16.7 Å². The number of ether oxygens (including phenoxy) is 1. The molecule has 0 saturated carbocycles. The van der Waals surface area contributed by atoms with Crippen LogP contribution in [0.25, 0.3) is 5.70 Å². The highest BCUT2D eigenvalue weighted by Crippen LogP contribution is 2.62. The summed E-state index contributed by atoms with van der Waals surface area (Å²) in [6.07, 6.45) is 1.84. The first kappa shape index (κ1) is 28.1. The molecule has 2 aliphatic rings. The van der Waals surface area contributed by atoms with Gasteiger partial charge in [-0.3, -0.25) is 9.69 Å². The number of carbonyl (C=O) groups excluding carboxylic acids is 1. The van der Waals surface area contributed by atoms with Gasteiger partial charge in [0.2, 0.25) is 5.91 Å². The van der Waals surface area contributed by atoms with Crippen LogP contribution in [0.2, 0.25) is 0 Å². The van der Waals surface area contributed by atoms with E-state index in [9.17, 15) is 4.79 Å². The van der Waals surface area contributed by atoms with Crippen molar-refractivity contribution >= 4 is 26.8 Å². The highest BCUT2D eigenvalue weighted by atomic mass is 31.0. The number of hydrogen-bond donors (Lipinski definition) is 2. The molecule has 1 aliphatic heterocycles. The third-order valence-corrected chi connectivity index (χ3v) is 9.46. The van der Waals surface area contributed by atoms with E-state index in [0.717, 1.165) is 29.5 Å². The molecule has 0 bridgehead atoms. The van der Waals surface area contributed by atoms with E-state index in [2.05, 4.69) is 21.1 Å². The second kappa shape index (κ2) is 10.3. The van der Waals surface area contributed by atoms with Gasteiger partial charge in [-0.1, -0.05) is 67.8 Å². The van der Waals surface area contributed by atoms with Gasteiger partial charge < -0.3 is 15.8 Å². The monoisotopic (exact) mass is 538 g/mol. The maximum atomic E-state index is 15.9. The first-order chi connectivity index (χ1) is 17.9. The summed E-state index contributed by atoms with van der Waals surface area (Å²) in [6.45, 7) is 14.9. The van der Waals surface area contributed by atoms with E-state index in [-0.39, 0.29) is 24.5 Å². The zero-order chi connectivity index (χ0) is 27.9. The fraction of sp³-hybridized carbons (Fsp3) is 0.467. The van der Waals surface area contributed by atoms with Crippen molar-refractivity contribution in [2.45, 2.75) is 77.4 Å². The summed E-state index contributed by atoms with van der Waals surface area (Å²) in [5.41, 5.74) is 9.02. The van der Waals surface area contributed by atoms with E-state index in [1.807, 2.05) is 77.1 Å². The number of halogens is 1. The molecule has 204 valence electrons. The molecule has 1 aliphatic carbocycles. The van der Waals surface area contributed by atoms with Crippen molar-refractivity contribution in [1.29, 1.82) is 0 Å². The zero-order valence-corrected chi connectivity index (χ0v) is 24.3. The van der Waals surface area contributed by atoms with Gasteiger partial charge in [-0.25, -0.2) is 9.38 Å². The fourth-order valence-electron chi connectivity index (χ4n) is 5.57. The Morgan fingerprint density at radius 3 is 2.55 bits per heavy atom. The number of alkyl halides is 1. The van der Waals surface area contributed by atoms with Crippen LogP contribution in [-0.4, -0.2) is 28.9 Å². The second-order valence-electron chi connectivity index (χ2n) is 10.9. The van der Waals surface area contributed by atoms with Crippen molar-refractivity contribution in [3.63, 3.8) is 0 Å². The van der Waals surface area contributed by atoms with Crippen LogP contribution >= 0.6 is 9.24 Å². The first-order valence-electron chi connectivity index (χ1n) is 13.3. The third-order valence-electron chi connectivity index (χ3n) is 8.40. The largest absolute Gasteiger partial charge is 0.494 e. The van der Waals surface area contributed by atoms with Gasteiger partial charge in [0.25, 0.3) is 0 Å². The van der Waals surface area contributed by atoms with Crippen LogP contribution in [0.3, 0.4) is 0 Å². The second-order valence-corrected chi connectivity index (χ2v) is 11.7. The lowest BCUT2D eigenvalue weighted by atomic mass is 9.83. The van der Waals surface area contributed by atoms with Crippen LogP contribution in [0.4, 0.5) is 4.39 Å². The molecule has 8 heteroatoms. The SMILES string of the molecule is C=C(NC1c2ccccc2C(F)(P)C1(C)C)c1ccc(OCC)c(CN2C(=O)CC(CC)(CC)N=C2N)c1. The summed E-state index contributed by atoms with van der Waals surface area (Å²) in [5, 5.41) is 1.93. The molecule has 2 aromatic rings. The van der Waals surface area contributed by atoms with Gasteiger partial charge in [-0.05, 0) is 54.7 Å². The maximum absolute atomic E-state index is 15.9. The molecule has 0 radical (unpaired) electrons. The Morgan fingerprint density at radius 1 is 1.24 bits per heavy atom. The van der Waals surface area contributed by atoms with Crippen LogP contribution in [-0.2, 0) is 16.7 Å². The van der Waals surface area contributed by atoms with Crippen molar-refractivity contribution in [2.75, 3.05) is 6.61 Å². The summed E-state index contributed by atoms with van der Waals surface area (Å²) in [4.78, 5) is 19.4. The van der Waals surface area contributed by atoms with E-state index >= 15 is 4.39 Å². The standard InChI is InChI=1S/C30H40FN4O2P/c1-7-29(8-2)17-25(36)35(27(32)34-29)18-21-16-20(14-15-24(21)37-9-3)19(4)33-26-22-12-10-11-13-23(22)30(31,38)28(26,5)6/h10-16,26,33H,4,7-9,17-18,38H2,1-3,5-6H3,(H2,32,34). The van der Waals surface area contributed by atoms with Crippen molar-refractivity contribution in [2.24, 2.45) is 16.1 Å². The normalized spacial score (nSPS) is 23.6. The summed E-state index contributed by atoms with van der Waals surface area (Å²) in [5.74, 6) is 0.862. The minimum atomic E-state index is -1.58. The van der Waals surface area contributed by atoms with Gasteiger partial charge in [-0.2, -0.15) is 0 Å². The van der Waals surface area contributed by atoms with E-state index < -0.39 is 16.4 Å². The molecule has 6 nitrogen and oxygen atoms in total. The zero-order valence-electron chi connectivity index (χ0n) is 23.1. The molecule has 0 aromatic heterocycles. The summed E-state index contributed by atoms with van der Waals surface area (Å²) in [6, 6.07) is 13.1. The number of fused-ring (bicyclic) bond motifs is 1. The highest BCUT2D eigenvalue weighted by molar-refractivity contribution is 7.18. The molecular weight excluding hydrogens is 498 g/mol. The molecule has 0 saturated heterocycles. The van der Waals surface area contributed by atoms with Crippen LogP contribution in [0.1, 0.15) is 82.2 Å². The van der Waals surface area contributed by atoms with Gasteiger partial charge in [0.15, 0.2) is 11.4 Å². The molecular formula is C30H40FN4O2P. The Bertz CT molecular complexity index is 1270. The van der Waals surface area contributed by atoms with Gasteiger partial charge in [0.1, 0.15) is 5.75 Å². The molecule has 0 fully saturated rings. The topological polar surface area (TPSA) is 80.0 Å². The lowest BCUT2D eigenvalue weighted by Gasteiger charge is -2.37. The number of nitrogens with zero attached hydrogens (tertiary/aromatic N) is 2. The van der Waals surface area contributed by atoms with E-state index in [4.69, 9.17) is 15.5 Å². The van der Waals surface area contributed by atoms with E-state index in [1.165, 1.54) is 4.90 Å². The minimum absolute atomic E-state index is 0.0463. The number of guanidine groups is 1. The molecule has 1 amide bonds. The van der Waals surface area contributed by atoms with Crippen molar-refractivity contribution in [3.05, 3.63) is 71.3 Å². The molecule has 3 N–H and O–H groups in total. The Morgan fingerprint density at radius 2 is 1.92 bits per heavy atom. The number of rotatable bonds is 9. The van der Waals surface area contributed by atoms with Crippen LogP contribution in [0.5, 0.6) is 5.75 Å². The molecule has 0 spiro atoms. The highest BCUT2D eigenvalue weighted by Gasteiger charge is 2.56. The molecule has 1 heterocycles. The van der Waals surface area contributed by atoms with Crippen LogP contribution < -0.4 is 15.8 Å². The summed E-state index contributed by atoms with van der Waals surface area (Å²) in [7, 11) is 2.41. The number of carbonyl (C=O) groups is 1. The smallest absolute Gasteiger partial charge is 0.232 e. The molecule has 3 unspecified atom stereocenters. The van der Waals surface area contributed by atoms with Gasteiger partial charge in [0.05, 0.1) is 31.2 Å². The predicted molar refractivity (Wildman–Crippen MR) is 155 cm³/mol. The lowest BCUT2D eigenvalue weighted by molar-refractivity contribution is -0.130. The Labute approximate surface area is 228 Å². The van der Waals surface area contributed by atoms with Crippen molar-refractivity contribution < 1.29 is 13.9 Å². The average Bonchev–Trinajstić information content (AvgIpc) is 3.03. The molecule has 38 heavy (non-hydrogen) atoms. The third kappa shape index (κ3) is 4.70. The number of amides is 1. The Balaban J connectivity index is 1.64. The molecule has 2 aromatic carbocycles. The van der Waals surface area contributed by atoms with Gasteiger partial charge in [-0.15, -0.1) is 0 Å². The van der Waals surface area contributed by atoms with Crippen LogP contribution in [0, 0.1) is 5.41 Å². The summed E-state index contributed by atoms with van der Waals surface area (Å²) < 4.78 is 21.8. The quantitative estimate of drug-likeness (QED) is 0.382. The van der Waals surface area contributed by atoms with E-state index in [0.29, 0.717) is 30.0 Å². The van der Waals surface area contributed by atoms with Crippen LogP contribution in [0.15, 0.2) is 54.0 Å². The first-order valence-corrected chi connectivity index (χ1v) is 13.9. The van der Waals surface area contributed by atoms with Crippen molar-refractivity contribution in [1.82, 2.24) is 10.2 Å². The summed E-state index contributed by atoms with van der Waals surface area (Å²) >= 11 is 0.